The van der Waals surface area contributed by atoms with Gasteiger partial charge < -0.3 is 5.32 Å². The highest BCUT2D eigenvalue weighted by Crippen LogP contribution is 2.31. The number of nitrogens with one attached hydrogen (secondary N) is 1. The van der Waals surface area contributed by atoms with Gasteiger partial charge in [-0.3, -0.25) is 14.9 Å². The van der Waals surface area contributed by atoms with Crippen LogP contribution in [0.15, 0.2) is 65.6 Å². The molecule has 1 unspecified atom stereocenters. The summed E-state index contributed by atoms with van der Waals surface area (Å²) in [6, 6.07) is 13.8. The predicted molar refractivity (Wildman–Crippen MR) is 123 cm³/mol. The maximum absolute atomic E-state index is 14.9. The maximum atomic E-state index is 14.9. The van der Waals surface area contributed by atoms with Crippen molar-refractivity contribution >= 4 is 27.3 Å². The van der Waals surface area contributed by atoms with Gasteiger partial charge in [-0.25, -0.2) is 17.9 Å². The Morgan fingerprint density at radius 1 is 1.15 bits per heavy atom. The summed E-state index contributed by atoms with van der Waals surface area (Å²) in [7, 11) is -4.03. The summed E-state index contributed by atoms with van der Waals surface area (Å²) in [4.78, 5) is 23.3. The van der Waals surface area contributed by atoms with Crippen LogP contribution in [0.3, 0.4) is 0 Å². The molecule has 0 aliphatic rings. The average molecular weight is 472 g/mol. The molecule has 3 rings (SSSR count). The summed E-state index contributed by atoms with van der Waals surface area (Å²) in [6.07, 6.45) is 0.699. The molecule has 0 heterocycles. The van der Waals surface area contributed by atoms with E-state index in [2.05, 4.69) is 5.32 Å². The molecule has 0 saturated heterocycles. The molecule has 0 aliphatic heterocycles. The van der Waals surface area contributed by atoms with Crippen LogP contribution in [0.4, 0.5) is 15.8 Å². The number of carbonyl (C=O) groups is 1. The number of sulfonamides is 1. The number of nitrogens with two attached hydrogens (primary N) is 1. The first-order chi connectivity index (χ1) is 15.5. The van der Waals surface area contributed by atoms with Crippen LogP contribution in [-0.2, 0) is 10.0 Å². The van der Waals surface area contributed by atoms with Crippen LogP contribution in [-0.4, -0.2) is 19.2 Å². The first kappa shape index (κ1) is 24.0. The number of nitrogens with zero attached hydrogens (tertiary/aromatic N) is 1. The van der Waals surface area contributed by atoms with Crippen LogP contribution in [0.2, 0.25) is 0 Å². The zero-order valence-electron chi connectivity index (χ0n) is 17.9. The van der Waals surface area contributed by atoms with Crippen molar-refractivity contribution in [2.24, 2.45) is 5.14 Å². The van der Waals surface area contributed by atoms with Crippen molar-refractivity contribution in [1.29, 1.82) is 0 Å². The SMILES string of the molecule is CCC(C)c1ccc([N+](=O)[O-])cc1C(=O)Nc1ccc(-c2ccccc2S(N)(=O)=O)cc1F. The van der Waals surface area contributed by atoms with Gasteiger partial charge in [-0.05, 0) is 41.7 Å². The molecule has 1 atom stereocenters. The van der Waals surface area contributed by atoms with Crippen LogP contribution in [0.5, 0.6) is 0 Å². The molecule has 10 heteroatoms. The quantitative estimate of drug-likeness (QED) is 0.377. The lowest BCUT2D eigenvalue weighted by atomic mass is 9.92. The van der Waals surface area contributed by atoms with E-state index >= 15 is 0 Å². The Kier molecular flexibility index (Phi) is 6.89. The summed E-state index contributed by atoms with van der Waals surface area (Å²) >= 11 is 0. The number of nitro groups is 1. The van der Waals surface area contributed by atoms with Crippen LogP contribution in [0, 0.1) is 15.9 Å². The minimum absolute atomic E-state index is 0.0477. The van der Waals surface area contributed by atoms with Gasteiger partial charge in [0.15, 0.2) is 0 Å². The Morgan fingerprint density at radius 2 is 1.85 bits per heavy atom. The minimum atomic E-state index is -4.03. The van der Waals surface area contributed by atoms with E-state index in [-0.39, 0.29) is 38.9 Å². The highest BCUT2D eigenvalue weighted by Gasteiger charge is 2.21. The fraction of sp³-hybridized carbons (Fsp3) is 0.174. The molecule has 8 nitrogen and oxygen atoms in total. The number of rotatable bonds is 7. The van der Waals surface area contributed by atoms with Gasteiger partial charge in [0.1, 0.15) is 5.82 Å². The molecule has 0 spiro atoms. The second-order valence-corrected chi connectivity index (χ2v) is 9.06. The number of non-ortho nitro benzene ring substituents is 1. The van der Waals surface area contributed by atoms with Crippen LogP contribution < -0.4 is 10.5 Å². The number of nitro benzene ring substituents is 1. The van der Waals surface area contributed by atoms with Crippen molar-refractivity contribution in [2.45, 2.75) is 31.1 Å². The molecule has 3 aromatic rings. The van der Waals surface area contributed by atoms with Gasteiger partial charge in [-0.1, -0.05) is 44.2 Å². The van der Waals surface area contributed by atoms with Gasteiger partial charge >= 0.3 is 0 Å². The Labute approximate surface area is 190 Å². The van der Waals surface area contributed by atoms with E-state index in [1.807, 2.05) is 13.8 Å². The molecule has 172 valence electrons. The molecule has 0 aliphatic carbocycles. The molecule has 3 N–H and O–H groups in total. The van der Waals surface area contributed by atoms with E-state index in [1.54, 1.807) is 6.07 Å². The van der Waals surface area contributed by atoms with Crippen molar-refractivity contribution in [3.05, 3.63) is 87.7 Å². The molecule has 0 fully saturated rings. The van der Waals surface area contributed by atoms with Crippen molar-refractivity contribution < 1.29 is 22.5 Å². The number of primary sulfonamides is 1. The number of halogens is 1. The highest BCUT2D eigenvalue weighted by molar-refractivity contribution is 7.89. The minimum Gasteiger partial charge on any atom is -0.319 e. The molecule has 3 aromatic carbocycles. The van der Waals surface area contributed by atoms with Gasteiger partial charge in [0.25, 0.3) is 11.6 Å². The van der Waals surface area contributed by atoms with Crippen molar-refractivity contribution in [3.8, 4) is 11.1 Å². The van der Waals surface area contributed by atoms with E-state index in [1.165, 1.54) is 48.5 Å². The second-order valence-electron chi connectivity index (χ2n) is 7.53. The third-order valence-electron chi connectivity index (χ3n) is 5.36. The summed E-state index contributed by atoms with van der Waals surface area (Å²) < 4.78 is 38.6. The normalized spacial score (nSPS) is 12.2. The molecule has 0 radical (unpaired) electrons. The fourth-order valence-corrected chi connectivity index (χ4v) is 4.19. The molecule has 33 heavy (non-hydrogen) atoms. The van der Waals surface area contributed by atoms with Crippen LogP contribution in [0.1, 0.15) is 42.1 Å². The molecular weight excluding hydrogens is 449 g/mol. The van der Waals surface area contributed by atoms with Gasteiger partial charge in [0.2, 0.25) is 10.0 Å². The maximum Gasteiger partial charge on any atom is 0.270 e. The van der Waals surface area contributed by atoms with Gasteiger partial charge in [-0.15, -0.1) is 0 Å². The number of hydrogen-bond donors (Lipinski definition) is 2. The van der Waals surface area contributed by atoms with E-state index in [0.717, 1.165) is 6.07 Å². The van der Waals surface area contributed by atoms with Crippen molar-refractivity contribution in [1.82, 2.24) is 0 Å². The number of hydrogen-bond acceptors (Lipinski definition) is 5. The largest absolute Gasteiger partial charge is 0.319 e. The lowest BCUT2D eigenvalue weighted by Gasteiger charge is -2.15. The molecule has 0 saturated carbocycles. The number of amides is 1. The van der Waals surface area contributed by atoms with Gasteiger partial charge in [0.05, 0.1) is 15.5 Å². The van der Waals surface area contributed by atoms with E-state index in [0.29, 0.717) is 12.0 Å². The van der Waals surface area contributed by atoms with E-state index in [9.17, 15) is 27.7 Å². The van der Waals surface area contributed by atoms with Crippen molar-refractivity contribution in [2.75, 3.05) is 5.32 Å². The fourth-order valence-electron chi connectivity index (χ4n) is 3.43. The first-order valence-corrected chi connectivity index (χ1v) is 11.6. The molecular formula is C23H22FN3O5S. The third-order valence-corrected chi connectivity index (χ3v) is 6.33. The number of benzene rings is 3. The van der Waals surface area contributed by atoms with Crippen LogP contribution >= 0.6 is 0 Å². The Bertz CT molecular complexity index is 1340. The predicted octanol–water partition coefficient (Wildman–Crippen LogP) is 4.81. The average Bonchev–Trinajstić information content (AvgIpc) is 2.78. The monoisotopic (exact) mass is 471 g/mol. The Morgan fingerprint density at radius 3 is 2.45 bits per heavy atom. The molecule has 0 aromatic heterocycles. The number of anilines is 1. The van der Waals surface area contributed by atoms with Crippen LogP contribution in [0.25, 0.3) is 11.1 Å². The van der Waals surface area contributed by atoms with E-state index < -0.39 is 26.7 Å². The topological polar surface area (TPSA) is 132 Å². The van der Waals surface area contributed by atoms with Gasteiger partial charge in [0, 0.05) is 23.3 Å². The summed E-state index contributed by atoms with van der Waals surface area (Å²) in [5, 5.41) is 18.9. The summed E-state index contributed by atoms with van der Waals surface area (Å²) in [5.74, 6) is -1.54. The smallest absolute Gasteiger partial charge is 0.270 e. The second kappa shape index (κ2) is 9.47. The Balaban J connectivity index is 1.98. The number of carbonyl (C=O) groups excluding carboxylic acids is 1. The summed E-state index contributed by atoms with van der Waals surface area (Å²) in [5.41, 5.74) is 0.766. The zero-order valence-corrected chi connectivity index (χ0v) is 18.7. The first-order valence-electron chi connectivity index (χ1n) is 10.0. The van der Waals surface area contributed by atoms with E-state index in [4.69, 9.17) is 5.14 Å². The van der Waals surface area contributed by atoms with Crippen molar-refractivity contribution in [3.63, 3.8) is 0 Å². The Hall–Kier alpha value is -3.63. The summed E-state index contributed by atoms with van der Waals surface area (Å²) in [6.45, 7) is 3.81. The zero-order chi connectivity index (χ0) is 24.3. The third kappa shape index (κ3) is 5.24. The standard InChI is InChI=1S/C23H22FN3O5S/c1-3-14(2)17-10-9-16(27(29)30)13-19(17)23(28)26-21-11-8-15(12-20(21)24)18-6-4-5-7-22(18)33(25,31)32/h4-14H,3H2,1-2H3,(H,26,28)(H2,25,31,32). The van der Waals surface area contributed by atoms with Gasteiger partial charge in [-0.2, -0.15) is 0 Å². The molecule has 1 amide bonds. The lowest BCUT2D eigenvalue weighted by Crippen LogP contribution is -2.16. The molecule has 0 bridgehead atoms. The lowest BCUT2D eigenvalue weighted by molar-refractivity contribution is -0.384. The highest BCUT2D eigenvalue weighted by atomic mass is 32.2.